The Bertz CT molecular complexity index is 1110. The molecule has 0 bridgehead atoms. The van der Waals surface area contributed by atoms with Gasteiger partial charge in [0, 0.05) is 11.8 Å². The number of ether oxygens (including phenoxy) is 4. The fraction of sp³-hybridized carbons (Fsp3) is 0.848. The van der Waals surface area contributed by atoms with Crippen LogP contribution in [0.3, 0.4) is 0 Å². The van der Waals surface area contributed by atoms with Gasteiger partial charge in [0.25, 0.3) is 0 Å². The number of carbonyl (C=O) groups excluding carboxylic acids is 1. The Morgan fingerprint density at radius 1 is 0.974 bits per heavy atom. The number of aliphatic hydroxyl groups is 1. The molecule has 2 saturated carbocycles. The SMILES string of the molecule is CC(C)(O)CC[C@H]1OC(C)(C)O[C@]1(C)[C@H]1CC=C2C3=CC(=O)[C@@H]4C[C@H]5OC(C)(C)O[C@H]5C[C@]4(C)[C@H]3CC[C@@]21C. The summed E-state index contributed by atoms with van der Waals surface area (Å²) in [4.78, 5) is 13.8. The highest BCUT2D eigenvalue weighted by atomic mass is 16.8. The number of hydrogen-bond donors (Lipinski definition) is 1. The normalized spacial score (nSPS) is 48.1. The van der Waals surface area contributed by atoms with Crippen molar-refractivity contribution >= 4 is 5.78 Å². The van der Waals surface area contributed by atoms with Gasteiger partial charge in [-0.25, -0.2) is 0 Å². The van der Waals surface area contributed by atoms with Gasteiger partial charge in [-0.15, -0.1) is 0 Å². The lowest BCUT2D eigenvalue weighted by molar-refractivity contribution is -0.177. The van der Waals surface area contributed by atoms with Crippen molar-refractivity contribution < 1.29 is 28.8 Å². The van der Waals surface area contributed by atoms with Crippen molar-refractivity contribution in [1.29, 1.82) is 0 Å². The van der Waals surface area contributed by atoms with Crippen molar-refractivity contribution in [2.45, 2.75) is 148 Å². The third kappa shape index (κ3) is 4.34. The summed E-state index contributed by atoms with van der Waals surface area (Å²) in [5.74, 6) is -0.421. The van der Waals surface area contributed by atoms with Crippen molar-refractivity contribution in [3.05, 3.63) is 23.3 Å². The van der Waals surface area contributed by atoms with Crippen LogP contribution >= 0.6 is 0 Å². The number of ketones is 1. The molecular formula is C33H50O6. The van der Waals surface area contributed by atoms with Crippen LogP contribution in [-0.2, 0) is 23.7 Å². The minimum atomic E-state index is -0.750. The van der Waals surface area contributed by atoms with Crippen molar-refractivity contribution in [1.82, 2.24) is 0 Å². The van der Waals surface area contributed by atoms with Crippen molar-refractivity contribution in [3.63, 3.8) is 0 Å². The molecule has 4 fully saturated rings. The lowest BCUT2D eigenvalue weighted by atomic mass is 9.48. The predicted molar refractivity (Wildman–Crippen MR) is 149 cm³/mol. The number of hydrogen-bond acceptors (Lipinski definition) is 6. The highest BCUT2D eigenvalue weighted by Gasteiger charge is 2.65. The molecule has 6 heteroatoms. The lowest BCUT2D eigenvalue weighted by Crippen LogP contribution is -2.56. The van der Waals surface area contributed by atoms with E-state index in [9.17, 15) is 9.90 Å². The number of carbonyl (C=O) groups is 1. The molecule has 0 amide bonds. The predicted octanol–water partition coefficient (Wildman–Crippen LogP) is 6.26. The molecule has 2 saturated heterocycles. The molecule has 2 aliphatic heterocycles. The van der Waals surface area contributed by atoms with Gasteiger partial charge in [0.15, 0.2) is 17.4 Å². The molecule has 4 aliphatic carbocycles. The summed E-state index contributed by atoms with van der Waals surface area (Å²) in [5, 5.41) is 10.5. The first-order valence-electron chi connectivity index (χ1n) is 15.3. The number of allylic oxidation sites excluding steroid dienone is 4. The van der Waals surface area contributed by atoms with E-state index < -0.39 is 22.8 Å². The van der Waals surface area contributed by atoms with Gasteiger partial charge >= 0.3 is 0 Å². The Morgan fingerprint density at radius 3 is 2.36 bits per heavy atom. The van der Waals surface area contributed by atoms with Crippen LogP contribution in [0.5, 0.6) is 0 Å². The van der Waals surface area contributed by atoms with Crippen molar-refractivity contribution in [2.24, 2.45) is 28.6 Å². The van der Waals surface area contributed by atoms with Crippen LogP contribution in [0.1, 0.15) is 107 Å². The van der Waals surface area contributed by atoms with Gasteiger partial charge in [0.05, 0.1) is 29.5 Å². The maximum absolute atomic E-state index is 13.8. The minimum Gasteiger partial charge on any atom is -0.390 e. The summed E-state index contributed by atoms with van der Waals surface area (Å²) < 4.78 is 25.9. The zero-order chi connectivity index (χ0) is 28.4. The molecule has 2 heterocycles. The standard InChI is InChI=1S/C33H50O6/c1-28(2,35)14-13-27-33(9,39-30(5,6)38-27)26-11-10-20-19-16-23(34)22-17-24-25(37-29(3,4)36-24)18-32(22,8)21(19)12-15-31(20,26)7/h10,16,21-22,24-27,35H,11-15,17-18H2,1-9H3/t21-,22-,24+,25-,26-,27+,31-,32+,33+/m0/s1. The zero-order valence-corrected chi connectivity index (χ0v) is 25.6. The van der Waals surface area contributed by atoms with Crippen molar-refractivity contribution in [2.75, 3.05) is 0 Å². The fourth-order valence-corrected chi connectivity index (χ4v) is 9.83. The van der Waals surface area contributed by atoms with E-state index in [0.29, 0.717) is 12.3 Å². The molecule has 0 unspecified atom stereocenters. The molecule has 6 aliphatic rings. The summed E-state index contributed by atoms with van der Waals surface area (Å²) in [6, 6.07) is 0. The lowest BCUT2D eigenvalue weighted by Gasteiger charge is -2.57. The average molecular weight is 543 g/mol. The molecule has 0 spiro atoms. The van der Waals surface area contributed by atoms with Crippen LogP contribution in [0.4, 0.5) is 0 Å². The molecule has 218 valence electrons. The van der Waals surface area contributed by atoms with Gasteiger partial charge in [-0.2, -0.15) is 0 Å². The van der Waals surface area contributed by atoms with E-state index in [1.165, 1.54) is 11.1 Å². The topological polar surface area (TPSA) is 74.2 Å². The van der Waals surface area contributed by atoms with E-state index in [1.807, 2.05) is 47.6 Å². The molecule has 9 atom stereocenters. The monoisotopic (exact) mass is 542 g/mol. The third-order valence-corrected chi connectivity index (χ3v) is 11.4. The highest BCUT2D eigenvalue weighted by Crippen LogP contribution is 2.67. The van der Waals surface area contributed by atoms with E-state index in [1.54, 1.807) is 0 Å². The Labute approximate surface area is 234 Å². The molecule has 0 aromatic carbocycles. The molecule has 0 radical (unpaired) electrons. The van der Waals surface area contributed by atoms with Crippen LogP contribution in [0.15, 0.2) is 23.3 Å². The smallest absolute Gasteiger partial charge is 0.164 e. The first-order chi connectivity index (χ1) is 17.9. The molecule has 39 heavy (non-hydrogen) atoms. The van der Waals surface area contributed by atoms with Gasteiger partial charge in [0.1, 0.15) is 0 Å². The zero-order valence-electron chi connectivity index (χ0n) is 25.6. The van der Waals surface area contributed by atoms with Gasteiger partial charge in [-0.1, -0.05) is 19.9 Å². The van der Waals surface area contributed by atoms with E-state index in [4.69, 9.17) is 18.9 Å². The Hall–Kier alpha value is -1.05. The van der Waals surface area contributed by atoms with Crippen LogP contribution in [0, 0.1) is 28.6 Å². The largest absolute Gasteiger partial charge is 0.390 e. The van der Waals surface area contributed by atoms with E-state index in [2.05, 4.69) is 26.8 Å². The van der Waals surface area contributed by atoms with E-state index in [-0.39, 0.29) is 46.8 Å². The molecule has 6 nitrogen and oxygen atoms in total. The van der Waals surface area contributed by atoms with Gasteiger partial charge in [0.2, 0.25) is 0 Å². The second kappa shape index (κ2) is 8.50. The first kappa shape index (κ1) is 28.1. The maximum atomic E-state index is 13.8. The van der Waals surface area contributed by atoms with Crippen LogP contribution in [-0.4, -0.2) is 52.0 Å². The van der Waals surface area contributed by atoms with Crippen LogP contribution in [0.25, 0.3) is 0 Å². The highest BCUT2D eigenvalue weighted by molar-refractivity contribution is 5.95. The second-order valence-corrected chi connectivity index (χ2v) is 15.8. The minimum absolute atomic E-state index is 0.00422. The molecular weight excluding hydrogens is 492 g/mol. The Kier molecular flexibility index (Phi) is 6.12. The summed E-state index contributed by atoms with van der Waals surface area (Å²) in [7, 11) is 0. The summed E-state index contributed by atoms with van der Waals surface area (Å²) in [5.41, 5.74) is 1.17. The molecule has 6 rings (SSSR count). The molecule has 0 aromatic heterocycles. The number of fused-ring (bicyclic) bond motifs is 6. The van der Waals surface area contributed by atoms with Crippen LogP contribution in [0.2, 0.25) is 0 Å². The van der Waals surface area contributed by atoms with E-state index in [0.717, 1.165) is 38.5 Å². The second-order valence-electron chi connectivity index (χ2n) is 15.8. The molecule has 1 N–H and O–H groups in total. The average Bonchev–Trinajstić information content (AvgIpc) is 3.37. The Balaban J connectivity index is 1.30. The van der Waals surface area contributed by atoms with Gasteiger partial charge in [-0.3, -0.25) is 4.79 Å². The third-order valence-electron chi connectivity index (χ3n) is 11.4. The quantitative estimate of drug-likeness (QED) is 0.452. The molecule has 0 aromatic rings. The van der Waals surface area contributed by atoms with E-state index >= 15 is 0 Å². The van der Waals surface area contributed by atoms with Gasteiger partial charge in [-0.05, 0) is 127 Å². The van der Waals surface area contributed by atoms with Gasteiger partial charge < -0.3 is 24.1 Å². The van der Waals surface area contributed by atoms with Crippen molar-refractivity contribution in [3.8, 4) is 0 Å². The number of rotatable bonds is 4. The first-order valence-corrected chi connectivity index (χ1v) is 15.3. The van der Waals surface area contributed by atoms with Crippen LogP contribution < -0.4 is 0 Å². The fourth-order valence-electron chi connectivity index (χ4n) is 9.83. The maximum Gasteiger partial charge on any atom is 0.164 e. The Morgan fingerprint density at radius 2 is 1.67 bits per heavy atom. The summed E-state index contributed by atoms with van der Waals surface area (Å²) in [6.45, 7) is 18.7. The summed E-state index contributed by atoms with van der Waals surface area (Å²) >= 11 is 0. The summed E-state index contributed by atoms with van der Waals surface area (Å²) in [6.07, 6.45) is 10.4.